The van der Waals surface area contributed by atoms with Gasteiger partial charge in [-0.3, -0.25) is 29.9 Å². The summed E-state index contributed by atoms with van der Waals surface area (Å²) in [5, 5.41) is 0. The molecule has 6 heterocycles. The van der Waals surface area contributed by atoms with Gasteiger partial charge in [-0.1, -0.05) is 24.3 Å². The van der Waals surface area contributed by atoms with Gasteiger partial charge in [0.25, 0.3) is 0 Å². The molecule has 0 bridgehead atoms. The second-order valence-electron chi connectivity index (χ2n) is 10.5. The average Bonchev–Trinajstić information content (AvgIpc) is 3.14. The molecule has 6 rings (SSSR count). The Morgan fingerprint density at radius 2 is 0.681 bits per heavy atom. The van der Waals surface area contributed by atoms with Gasteiger partial charge in [0.05, 0.1) is 34.2 Å². The van der Waals surface area contributed by atoms with Gasteiger partial charge < -0.3 is 11.5 Å². The first-order chi connectivity index (χ1) is 22.8. The third kappa shape index (κ3) is 13.4. The number of unbranched alkanes of at least 4 members (excludes halogenated alkanes) is 2. The Bertz CT molecular complexity index is 1460. The number of rotatable bonds is 11. The van der Waals surface area contributed by atoms with Gasteiger partial charge in [0, 0.05) is 56.7 Å². The molecule has 0 radical (unpaired) electrons. The van der Waals surface area contributed by atoms with Gasteiger partial charge in [0.2, 0.25) is 0 Å². The van der Waals surface area contributed by atoms with E-state index in [1.54, 1.807) is 24.8 Å². The second-order valence-corrected chi connectivity index (χ2v) is 10.5. The van der Waals surface area contributed by atoms with Crippen molar-refractivity contribution in [2.45, 2.75) is 38.5 Å². The van der Waals surface area contributed by atoms with Crippen LogP contribution in [0.1, 0.15) is 36.8 Å². The van der Waals surface area contributed by atoms with Gasteiger partial charge in [-0.2, -0.15) is 0 Å². The molecule has 242 valence electrons. The summed E-state index contributed by atoms with van der Waals surface area (Å²) < 4.78 is 0. The molecule has 0 aliphatic carbocycles. The average molecular weight is 712 g/mol. The molecule has 4 N–H and O–H groups in total. The Labute approximate surface area is 291 Å². The number of nitrogens with zero attached hydrogens (tertiary/aromatic N) is 6. The number of nitrogens with two attached hydrogens (primary N) is 2. The van der Waals surface area contributed by atoms with E-state index in [4.69, 9.17) is 11.5 Å². The SMILES string of the molecule is NCCCCc1ccnc(-c2cc(CCCCN)ccn2)c1.[Ru].c1ccc(-c2ccccn2)nc1.c1ccc(-c2ccccn2)nc1. The molecular formula is C38H42N8Ru. The first-order valence-corrected chi connectivity index (χ1v) is 15.7. The minimum Gasteiger partial charge on any atom is -0.330 e. The van der Waals surface area contributed by atoms with Crippen molar-refractivity contribution in [1.29, 1.82) is 0 Å². The van der Waals surface area contributed by atoms with Crippen LogP contribution >= 0.6 is 0 Å². The first kappa shape index (κ1) is 36.9. The molecule has 6 aromatic rings. The second kappa shape index (κ2) is 22.1. The predicted molar refractivity (Wildman–Crippen MR) is 186 cm³/mol. The Balaban J connectivity index is 0.000000204. The van der Waals surface area contributed by atoms with E-state index in [2.05, 4.69) is 54.2 Å². The van der Waals surface area contributed by atoms with Crippen LogP contribution in [-0.4, -0.2) is 43.0 Å². The molecule has 47 heavy (non-hydrogen) atoms. The minimum atomic E-state index is 0. The zero-order chi connectivity index (χ0) is 32.1. The molecule has 0 aliphatic heterocycles. The fraction of sp³-hybridized carbons (Fsp3) is 0.211. The Kier molecular flexibility index (Phi) is 17.3. The number of aryl methyl sites for hydroxylation is 2. The summed E-state index contributed by atoms with van der Waals surface area (Å²) in [5.41, 5.74) is 19.3. The standard InChI is InChI=1S/C18H26N4.2C10H8N2.Ru/c19-9-3-1-5-15-7-11-21-17(13-15)18-14-16(8-12-22-18)6-2-4-10-20;2*1-3-7-11-9(5-1)10-6-2-4-8-12-10;/h7-8,11-14H,1-6,9-10,19-20H2;2*1-8H;. The normalized spacial score (nSPS) is 10.0. The van der Waals surface area contributed by atoms with Crippen LogP contribution in [0.5, 0.6) is 0 Å². The van der Waals surface area contributed by atoms with E-state index in [0.717, 1.165) is 85.8 Å². The van der Waals surface area contributed by atoms with Gasteiger partial charge in [-0.25, -0.2) is 0 Å². The zero-order valence-electron chi connectivity index (χ0n) is 26.6. The van der Waals surface area contributed by atoms with E-state index in [1.807, 2.05) is 85.2 Å². The van der Waals surface area contributed by atoms with E-state index < -0.39 is 0 Å². The van der Waals surface area contributed by atoms with Crippen molar-refractivity contribution in [3.05, 3.63) is 145 Å². The fourth-order valence-electron chi connectivity index (χ4n) is 4.54. The molecule has 8 nitrogen and oxygen atoms in total. The summed E-state index contributed by atoms with van der Waals surface area (Å²) in [7, 11) is 0. The van der Waals surface area contributed by atoms with Gasteiger partial charge in [-0.15, -0.1) is 0 Å². The van der Waals surface area contributed by atoms with Gasteiger partial charge in [-0.05, 0) is 136 Å². The fourth-order valence-corrected chi connectivity index (χ4v) is 4.54. The smallest absolute Gasteiger partial charge is 0.0888 e. The van der Waals surface area contributed by atoms with Gasteiger partial charge in [0.15, 0.2) is 0 Å². The molecule has 9 heteroatoms. The molecule has 6 aromatic heterocycles. The van der Waals surface area contributed by atoms with Gasteiger partial charge >= 0.3 is 0 Å². The van der Waals surface area contributed by atoms with Crippen molar-refractivity contribution < 1.29 is 19.5 Å². The molecule has 0 amide bonds. The minimum absolute atomic E-state index is 0. The third-order valence-electron chi connectivity index (χ3n) is 6.93. The molecule has 0 fully saturated rings. The van der Waals surface area contributed by atoms with Crippen molar-refractivity contribution in [3.8, 4) is 34.2 Å². The van der Waals surface area contributed by atoms with E-state index in [1.165, 1.54) is 11.1 Å². The van der Waals surface area contributed by atoms with Crippen molar-refractivity contribution >= 4 is 0 Å². The largest absolute Gasteiger partial charge is 0.330 e. The summed E-state index contributed by atoms with van der Waals surface area (Å²) in [4.78, 5) is 25.7. The summed E-state index contributed by atoms with van der Waals surface area (Å²) >= 11 is 0. The van der Waals surface area contributed by atoms with Crippen molar-refractivity contribution in [1.82, 2.24) is 29.9 Å². The van der Waals surface area contributed by atoms with Crippen LogP contribution in [-0.2, 0) is 32.3 Å². The van der Waals surface area contributed by atoms with Crippen LogP contribution in [0.4, 0.5) is 0 Å². The van der Waals surface area contributed by atoms with Gasteiger partial charge in [0.1, 0.15) is 0 Å². The zero-order valence-corrected chi connectivity index (χ0v) is 28.3. The Hall–Kier alpha value is -4.56. The molecule has 0 unspecified atom stereocenters. The quantitative estimate of drug-likeness (QED) is 0.109. The maximum Gasteiger partial charge on any atom is 0.0888 e. The number of hydrogen-bond acceptors (Lipinski definition) is 8. The molecule has 0 atom stereocenters. The van der Waals surface area contributed by atoms with Crippen LogP contribution in [0.3, 0.4) is 0 Å². The van der Waals surface area contributed by atoms with Crippen LogP contribution in [0, 0.1) is 0 Å². The first-order valence-electron chi connectivity index (χ1n) is 15.7. The van der Waals surface area contributed by atoms with Crippen LogP contribution in [0.2, 0.25) is 0 Å². The predicted octanol–water partition coefficient (Wildman–Crippen LogP) is 6.99. The van der Waals surface area contributed by atoms with E-state index in [-0.39, 0.29) is 19.5 Å². The topological polar surface area (TPSA) is 129 Å². The molecule has 0 aromatic carbocycles. The van der Waals surface area contributed by atoms with E-state index in [9.17, 15) is 0 Å². The Morgan fingerprint density at radius 1 is 0.362 bits per heavy atom. The summed E-state index contributed by atoms with van der Waals surface area (Å²) in [5.74, 6) is 0. The monoisotopic (exact) mass is 712 g/mol. The summed E-state index contributed by atoms with van der Waals surface area (Å²) in [6, 6.07) is 31.6. The molecule has 0 aliphatic rings. The summed E-state index contributed by atoms with van der Waals surface area (Å²) in [6.07, 6.45) is 17.3. The molecule has 0 saturated heterocycles. The number of hydrogen-bond donors (Lipinski definition) is 2. The van der Waals surface area contributed by atoms with Crippen LogP contribution < -0.4 is 11.5 Å². The van der Waals surface area contributed by atoms with Crippen LogP contribution in [0.25, 0.3) is 34.2 Å². The Morgan fingerprint density at radius 3 is 0.957 bits per heavy atom. The van der Waals surface area contributed by atoms with Crippen molar-refractivity contribution in [2.75, 3.05) is 13.1 Å². The number of aromatic nitrogens is 6. The molecule has 0 saturated carbocycles. The molecule has 0 spiro atoms. The maximum absolute atomic E-state index is 5.55. The van der Waals surface area contributed by atoms with Crippen LogP contribution in [0.15, 0.2) is 134 Å². The van der Waals surface area contributed by atoms with E-state index >= 15 is 0 Å². The third-order valence-corrected chi connectivity index (χ3v) is 6.93. The molecular weight excluding hydrogens is 670 g/mol. The van der Waals surface area contributed by atoms with E-state index in [0.29, 0.717) is 0 Å². The maximum atomic E-state index is 5.55. The summed E-state index contributed by atoms with van der Waals surface area (Å²) in [6.45, 7) is 1.51. The van der Waals surface area contributed by atoms with Crippen molar-refractivity contribution in [3.63, 3.8) is 0 Å². The number of pyridine rings is 6. The van der Waals surface area contributed by atoms with Crippen molar-refractivity contribution in [2.24, 2.45) is 11.5 Å².